The van der Waals surface area contributed by atoms with Gasteiger partial charge in [-0.1, -0.05) is 18.2 Å². The summed E-state index contributed by atoms with van der Waals surface area (Å²) in [5.41, 5.74) is 2.61. The van der Waals surface area contributed by atoms with Gasteiger partial charge in [0.2, 0.25) is 5.75 Å². The minimum absolute atomic E-state index is 0.0330. The van der Waals surface area contributed by atoms with E-state index in [1.54, 1.807) is 27.5 Å². The fourth-order valence-corrected chi connectivity index (χ4v) is 3.96. The summed E-state index contributed by atoms with van der Waals surface area (Å²) in [6, 6.07) is 13.7. The molecule has 0 radical (unpaired) electrons. The first-order valence-corrected chi connectivity index (χ1v) is 10.3. The highest BCUT2D eigenvalue weighted by atomic mass is 16.5. The summed E-state index contributed by atoms with van der Waals surface area (Å²) in [7, 11) is 4.83. The van der Waals surface area contributed by atoms with Crippen LogP contribution in [0.1, 0.15) is 15.9 Å². The molecule has 0 saturated carbocycles. The molecule has 1 aliphatic heterocycles. The fourth-order valence-electron chi connectivity index (χ4n) is 3.96. The lowest BCUT2D eigenvalue weighted by atomic mass is 10.1. The molecule has 1 aliphatic rings. The molecule has 2 heterocycles. The van der Waals surface area contributed by atoms with Gasteiger partial charge in [0.05, 0.1) is 32.4 Å². The standard InChI is InChI=1S/C24H27N3O4/c1-29-21-12-17(13-22(30-2)23(21)31-3)16-26-8-10-27(11-9-26)24(28)19-14-18-6-4-5-7-20(18)25-15-19/h4-7,12-15H,8-11,16H2,1-3H3. The van der Waals surface area contributed by atoms with Crippen molar-refractivity contribution < 1.29 is 19.0 Å². The third-order valence-corrected chi connectivity index (χ3v) is 5.63. The quantitative estimate of drug-likeness (QED) is 0.609. The average Bonchev–Trinajstić information content (AvgIpc) is 2.83. The van der Waals surface area contributed by atoms with Crippen LogP contribution < -0.4 is 14.2 Å². The summed E-state index contributed by atoms with van der Waals surface area (Å²) in [5.74, 6) is 1.92. The van der Waals surface area contributed by atoms with Crippen LogP contribution in [-0.2, 0) is 6.54 Å². The third-order valence-electron chi connectivity index (χ3n) is 5.63. The summed E-state index contributed by atoms with van der Waals surface area (Å²) in [6.07, 6.45) is 1.67. The van der Waals surface area contributed by atoms with Gasteiger partial charge in [0.1, 0.15) is 0 Å². The Morgan fingerprint density at radius 2 is 1.61 bits per heavy atom. The van der Waals surface area contributed by atoms with Crippen molar-refractivity contribution in [2.24, 2.45) is 0 Å². The van der Waals surface area contributed by atoms with Crippen molar-refractivity contribution in [3.63, 3.8) is 0 Å². The maximum Gasteiger partial charge on any atom is 0.255 e. The first-order valence-electron chi connectivity index (χ1n) is 10.3. The molecular weight excluding hydrogens is 394 g/mol. The molecule has 0 spiro atoms. The van der Waals surface area contributed by atoms with Gasteiger partial charge in [-0.2, -0.15) is 0 Å². The predicted octanol–water partition coefficient (Wildman–Crippen LogP) is 3.22. The second-order valence-corrected chi connectivity index (χ2v) is 7.52. The zero-order valence-electron chi connectivity index (χ0n) is 18.1. The maximum atomic E-state index is 13.0. The number of carbonyl (C=O) groups is 1. The van der Waals surface area contributed by atoms with Crippen molar-refractivity contribution in [1.29, 1.82) is 0 Å². The molecule has 7 nitrogen and oxygen atoms in total. The number of para-hydroxylation sites is 1. The van der Waals surface area contributed by atoms with Crippen molar-refractivity contribution in [2.45, 2.75) is 6.54 Å². The summed E-state index contributed by atoms with van der Waals surface area (Å²) in [4.78, 5) is 21.6. The molecular formula is C24H27N3O4. The number of fused-ring (bicyclic) bond motifs is 1. The Labute approximate surface area is 182 Å². The fraction of sp³-hybridized carbons (Fsp3) is 0.333. The topological polar surface area (TPSA) is 64.1 Å². The number of rotatable bonds is 6. The molecule has 4 rings (SSSR count). The number of aromatic nitrogens is 1. The predicted molar refractivity (Wildman–Crippen MR) is 119 cm³/mol. The molecule has 0 N–H and O–H groups in total. The SMILES string of the molecule is COc1cc(CN2CCN(C(=O)c3cnc4ccccc4c3)CC2)cc(OC)c1OC. The number of carbonyl (C=O) groups excluding carboxylic acids is 1. The van der Waals surface area contributed by atoms with Crippen LogP contribution in [0.5, 0.6) is 17.2 Å². The first kappa shape index (κ1) is 20.9. The molecule has 7 heteroatoms. The molecule has 31 heavy (non-hydrogen) atoms. The van der Waals surface area contributed by atoms with E-state index in [0.717, 1.165) is 36.1 Å². The van der Waals surface area contributed by atoms with E-state index in [2.05, 4.69) is 9.88 Å². The van der Waals surface area contributed by atoms with Crippen molar-refractivity contribution in [2.75, 3.05) is 47.5 Å². The van der Waals surface area contributed by atoms with Crippen LogP contribution in [0, 0.1) is 0 Å². The van der Waals surface area contributed by atoms with Gasteiger partial charge in [-0.3, -0.25) is 14.7 Å². The molecule has 0 aliphatic carbocycles. The van der Waals surface area contributed by atoms with Gasteiger partial charge in [0.15, 0.2) is 11.5 Å². The molecule has 1 saturated heterocycles. The zero-order chi connectivity index (χ0) is 21.8. The Hall–Kier alpha value is -3.32. The number of piperazine rings is 1. The Morgan fingerprint density at radius 1 is 0.935 bits per heavy atom. The minimum atomic E-state index is 0.0330. The second-order valence-electron chi connectivity index (χ2n) is 7.52. The summed E-state index contributed by atoms with van der Waals surface area (Å²) in [6.45, 7) is 3.69. The Kier molecular flexibility index (Phi) is 6.23. The highest BCUT2D eigenvalue weighted by Crippen LogP contribution is 2.38. The van der Waals surface area contributed by atoms with Crippen molar-refractivity contribution >= 4 is 16.8 Å². The number of hydrogen-bond acceptors (Lipinski definition) is 6. The second kappa shape index (κ2) is 9.22. The van der Waals surface area contributed by atoms with Crippen molar-refractivity contribution in [3.05, 3.63) is 59.8 Å². The van der Waals surface area contributed by atoms with Crippen molar-refractivity contribution in [1.82, 2.24) is 14.8 Å². The lowest BCUT2D eigenvalue weighted by Crippen LogP contribution is -2.48. The smallest absolute Gasteiger partial charge is 0.255 e. The average molecular weight is 421 g/mol. The number of benzene rings is 2. The van der Waals surface area contributed by atoms with Gasteiger partial charge in [-0.25, -0.2) is 0 Å². The van der Waals surface area contributed by atoms with Gasteiger partial charge in [0.25, 0.3) is 5.91 Å². The monoisotopic (exact) mass is 421 g/mol. The molecule has 0 bridgehead atoms. The Balaban J connectivity index is 1.41. The highest BCUT2D eigenvalue weighted by molar-refractivity contribution is 5.97. The van der Waals surface area contributed by atoms with E-state index < -0.39 is 0 Å². The molecule has 1 amide bonds. The molecule has 0 unspecified atom stereocenters. The van der Waals surface area contributed by atoms with Gasteiger partial charge in [0, 0.05) is 44.3 Å². The summed E-state index contributed by atoms with van der Waals surface area (Å²) >= 11 is 0. The summed E-state index contributed by atoms with van der Waals surface area (Å²) < 4.78 is 16.3. The van der Waals surface area contributed by atoms with Gasteiger partial charge in [-0.05, 0) is 29.8 Å². The highest BCUT2D eigenvalue weighted by Gasteiger charge is 2.23. The molecule has 162 valence electrons. The van der Waals surface area contributed by atoms with Crippen molar-refractivity contribution in [3.8, 4) is 17.2 Å². The van der Waals surface area contributed by atoms with E-state index >= 15 is 0 Å². The number of nitrogens with zero attached hydrogens (tertiary/aromatic N) is 3. The van der Waals surface area contributed by atoms with Gasteiger partial charge < -0.3 is 19.1 Å². The molecule has 1 fully saturated rings. The lowest BCUT2D eigenvalue weighted by Gasteiger charge is -2.35. The number of hydrogen-bond donors (Lipinski definition) is 0. The zero-order valence-corrected chi connectivity index (χ0v) is 18.1. The lowest BCUT2D eigenvalue weighted by molar-refractivity contribution is 0.0628. The van der Waals surface area contributed by atoms with E-state index in [1.165, 1.54) is 0 Å². The molecule has 3 aromatic rings. The van der Waals surface area contributed by atoms with Crippen LogP contribution in [0.3, 0.4) is 0 Å². The van der Waals surface area contributed by atoms with Crippen LogP contribution in [0.15, 0.2) is 48.7 Å². The van der Waals surface area contributed by atoms with E-state index in [0.29, 0.717) is 35.9 Å². The van der Waals surface area contributed by atoms with E-state index in [1.807, 2.05) is 47.4 Å². The number of methoxy groups -OCH3 is 3. The van der Waals surface area contributed by atoms with Gasteiger partial charge >= 0.3 is 0 Å². The normalized spacial score (nSPS) is 14.5. The minimum Gasteiger partial charge on any atom is -0.493 e. The summed E-state index contributed by atoms with van der Waals surface area (Å²) in [5, 5.41) is 0.981. The number of pyridine rings is 1. The van der Waals surface area contributed by atoms with E-state index in [-0.39, 0.29) is 5.91 Å². The van der Waals surface area contributed by atoms with Gasteiger partial charge in [-0.15, -0.1) is 0 Å². The van der Waals surface area contributed by atoms with Crippen LogP contribution in [0.25, 0.3) is 10.9 Å². The first-order chi connectivity index (χ1) is 15.1. The van der Waals surface area contributed by atoms with E-state index in [9.17, 15) is 4.79 Å². The van der Waals surface area contributed by atoms with Crippen LogP contribution in [0.2, 0.25) is 0 Å². The Morgan fingerprint density at radius 3 is 2.26 bits per heavy atom. The largest absolute Gasteiger partial charge is 0.493 e. The Bertz CT molecular complexity index is 1050. The van der Waals surface area contributed by atoms with Crippen LogP contribution >= 0.6 is 0 Å². The van der Waals surface area contributed by atoms with E-state index in [4.69, 9.17) is 14.2 Å². The van der Waals surface area contributed by atoms with Crippen LogP contribution in [0.4, 0.5) is 0 Å². The number of amides is 1. The van der Waals surface area contributed by atoms with Crippen LogP contribution in [-0.4, -0.2) is 68.2 Å². The molecule has 1 aromatic heterocycles. The number of ether oxygens (including phenoxy) is 3. The molecule has 2 aromatic carbocycles. The maximum absolute atomic E-state index is 13.0. The third kappa shape index (κ3) is 4.41. The molecule has 0 atom stereocenters.